The average molecular weight is 208 g/mol. The lowest BCUT2D eigenvalue weighted by Gasteiger charge is -2.26. The van der Waals surface area contributed by atoms with Gasteiger partial charge in [-0.1, -0.05) is 18.3 Å². The van der Waals surface area contributed by atoms with Gasteiger partial charge in [0.25, 0.3) is 0 Å². The van der Waals surface area contributed by atoms with Gasteiger partial charge in [-0.25, -0.2) is 0 Å². The predicted octanol–water partition coefficient (Wildman–Crippen LogP) is 1.71. The van der Waals surface area contributed by atoms with Crippen LogP contribution in [0, 0.1) is 24.7 Å². The lowest BCUT2D eigenvalue weighted by atomic mass is 9.86. The Hall–Kier alpha value is -0.960. The minimum atomic E-state index is -0.931. The number of terminal acetylenes is 2. The van der Waals surface area contributed by atoms with E-state index < -0.39 is 11.2 Å². The normalized spacial score (nSPS) is 19.1. The topological polar surface area (TPSA) is 40.5 Å². The van der Waals surface area contributed by atoms with Crippen molar-refractivity contribution in [3.05, 3.63) is 0 Å². The van der Waals surface area contributed by atoms with Crippen LogP contribution in [-0.4, -0.2) is 21.4 Å². The third-order valence-electron chi connectivity index (χ3n) is 2.30. The number of hydrogen-bond acceptors (Lipinski definition) is 2. The van der Waals surface area contributed by atoms with Crippen LogP contribution in [0.5, 0.6) is 0 Å². The summed E-state index contributed by atoms with van der Waals surface area (Å²) in [7, 11) is 0. The van der Waals surface area contributed by atoms with Gasteiger partial charge in [-0.15, -0.1) is 12.8 Å². The Morgan fingerprint density at radius 2 is 1.53 bits per heavy atom. The lowest BCUT2D eigenvalue weighted by Crippen LogP contribution is -2.28. The van der Waals surface area contributed by atoms with Crippen LogP contribution in [-0.2, 0) is 0 Å². The largest absolute Gasteiger partial charge is 0.378 e. The molecule has 1 aliphatic carbocycles. The highest BCUT2D eigenvalue weighted by Crippen LogP contribution is 2.26. The van der Waals surface area contributed by atoms with Gasteiger partial charge in [0.2, 0.25) is 0 Å². The lowest BCUT2D eigenvalue weighted by molar-refractivity contribution is 0.0612. The summed E-state index contributed by atoms with van der Waals surface area (Å²) >= 11 is 0. The molecule has 1 saturated carbocycles. The van der Waals surface area contributed by atoms with Crippen LogP contribution in [0.25, 0.3) is 0 Å². The van der Waals surface area contributed by atoms with Crippen LogP contribution < -0.4 is 0 Å². The van der Waals surface area contributed by atoms with E-state index in [1.807, 2.05) is 0 Å². The number of rotatable bonds is 0. The molecule has 0 aromatic carbocycles. The molecule has 0 atom stereocenters. The molecule has 2 nitrogen and oxygen atoms in total. The zero-order valence-corrected chi connectivity index (χ0v) is 9.58. The molecular formula is C13H20O2. The summed E-state index contributed by atoms with van der Waals surface area (Å²) in [4.78, 5) is 0. The molecule has 0 unspecified atom stereocenters. The SMILES string of the molecule is C#CC(C)(C)O.C#CC1(O)CCCCC1. The van der Waals surface area contributed by atoms with E-state index in [1.54, 1.807) is 13.8 Å². The van der Waals surface area contributed by atoms with E-state index in [2.05, 4.69) is 11.8 Å². The smallest absolute Gasteiger partial charge is 0.125 e. The van der Waals surface area contributed by atoms with Crippen molar-refractivity contribution in [3.63, 3.8) is 0 Å². The van der Waals surface area contributed by atoms with E-state index in [-0.39, 0.29) is 0 Å². The van der Waals surface area contributed by atoms with Gasteiger partial charge in [0.15, 0.2) is 0 Å². The minimum Gasteiger partial charge on any atom is -0.378 e. The molecule has 15 heavy (non-hydrogen) atoms. The molecule has 0 spiro atoms. The summed E-state index contributed by atoms with van der Waals surface area (Å²) in [6.07, 6.45) is 14.9. The van der Waals surface area contributed by atoms with Crippen molar-refractivity contribution >= 4 is 0 Å². The summed E-state index contributed by atoms with van der Waals surface area (Å²) < 4.78 is 0. The summed E-state index contributed by atoms with van der Waals surface area (Å²) in [6.45, 7) is 3.12. The van der Waals surface area contributed by atoms with Crippen LogP contribution in [0.2, 0.25) is 0 Å². The molecule has 0 amide bonds. The van der Waals surface area contributed by atoms with Crippen LogP contribution >= 0.6 is 0 Å². The van der Waals surface area contributed by atoms with Crippen molar-refractivity contribution < 1.29 is 10.2 Å². The third-order valence-corrected chi connectivity index (χ3v) is 2.30. The third kappa shape index (κ3) is 7.03. The fourth-order valence-electron chi connectivity index (χ4n) is 1.28. The van der Waals surface area contributed by atoms with E-state index in [1.165, 1.54) is 6.42 Å². The van der Waals surface area contributed by atoms with Crippen molar-refractivity contribution in [2.45, 2.75) is 57.2 Å². The molecule has 0 bridgehead atoms. The Kier molecular flexibility index (Phi) is 5.44. The number of hydrogen-bond donors (Lipinski definition) is 2. The van der Waals surface area contributed by atoms with Crippen LogP contribution in [0.4, 0.5) is 0 Å². The van der Waals surface area contributed by atoms with Crippen LogP contribution in [0.1, 0.15) is 46.0 Å². The first-order chi connectivity index (χ1) is 6.83. The van der Waals surface area contributed by atoms with Crippen LogP contribution in [0.3, 0.4) is 0 Å². The summed E-state index contributed by atoms with van der Waals surface area (Å²) in [5.41, 5.74) is -1.68. The highest BCUT2D eigenvalue weighted by molar-refractivity contribution is 5.08. The second-order valence-electron chi connectivity index (χ2n) is 4.44. The maximum atomic E-state index is 9.44. The molecule has 0 heterocycles. The second-order valence-corrected chi connectivity index (χ2v) is 4.44. The van der Waals surface area contributed by atoms with E-state index >= 15 is 0 Å². The Morgan fingerprint density at radius 1 is 1.13 bits per heavy atom. The standard InChI is InChI=1S/C8H12O.C5H8O/c1-2-8(9)6-4-3-5-7-8;1-4-5(2,3)6/h1,9H,3-7H2;1,6H,2-3H3. The quantitative estimate of drug-likeness (QED) is 0.595. The van der Waals surface area contributed by atoms with Gasteiger partial charge in [-0.3, -0.25) is 0 Å². The second kappa shape index (κ2) is 5.81. The predicted molar refractivity (Wildman–Crippen MR) is 62.0 cm³/mol. The van der Waals surface area contributed by atoms with E-state index in [0.717, 1.165) is 25.7 Å². The van der Waals surface area contributed by atoms with Crippen molar-refractivity contribution in [1.82, 2.24) is 0 Å². The highest BCUT2D eigenvalue weighted by atomic mass is 16.3. The molecule has 2 heteroatoms. The highest BCUT2D eigenvalue weighted by Gasteiger charge is 2.25. The van der Waals surface area contributed by atoms with E-state index in [0.29, 0.717) is 0 Å². The van der Waals surface area contributed by atoms with Gasteiger partial charge in [-0.2, -0.15) is 0 Å². The molecule has 0 aliphatic heterocycles. The fourth-order valence-corrected chi connectivity index (χ4v) is 1.28. The van der Waals surface area contributed by atoms with Gasteiger partial charge in [0.05, 0.1) is 0 Å². The Morgan fingerprint density at radius 3 is 1.73 bits per heavy atom. The zero-order chi connectivity index (χ0) is 11.9. The van der Waals surface area contributed by atoms with Gasteiger partial charge in [0, 0.05) is 0 Å². The van der Waals surface area contributed by atoms with Crippen molar-refractivity contribution in [1.29, 1.82) is 0 Å². The van der Waals surface area contributed by atoms with Gasteiger partial charge < -0.3 is 10.2 Å². The molecule has 1 fully saturated rings. The Balaban J connectivity index is 0.000000288. The van der Waals surface area contributed by atoms with Crippen LogP contribution in [0.15, 0.2) is 0 Å². The first kappa shape index (κ1) is 14.0. The summed E-state index contributed by atoms with van der Waals surface area (Å²) in [6, 6.07) is 0. The molecule has 2 N–H and O–H groups in total. The van der Waals surface area contributed by atoms with Crippen molar-refractivity contribution in [2.75, 3.05) is 0 Å². The molecule has 1 rings (SSSR count). The van der Waals surface area contributed by atoms with Gasteiger partial charge in [0.1, 0.15) is 11.2 Å². The fraction of sp³-hybridized carbons (Fsp3) is 0.692. The maximum Gasteiger partial charge on any atom is 0.125 e. The molecule has 0 saturated heterocycles. The first-order valence-corrected chi connectivity index (χ1v) is 5.23. The first-order valence-electron chi connectivity index (χ1n) is 5.23. The van der Waals surface area contributed by atoms with E-state index in [9.17, 15) is 5.11 Å². The van der Waals surface area contributed by atoms with Gasteiger partial charge >= 0.3 is 0 Å². The molecule has 84 valence electrons. The molecular weight excluding hydrogens is 188 g/mol. The van der Waals surface area contributed by atoms with E-state index in [4.69, 9.17) is 18.0 Å². The average Bonchev–Trinajstić information content (AvgIpc) is 2.19. The van der Waals surface area contributed by atoms with Gasteiger partial charge in [-0.05, 0) is 39.5 Å². The van der Waals surface area contributed by atoms with Crippen molar-refractivity contribution in [2.24, 2.45) is 0 Å². The Labute approximate surface area is 92.7 Å². The molecule has 0 aromatic heterocycles. The molecule has 1 aliphatic rings. The number of aliphatic hydroxyl groups is 2. The molecule has 0 radical (unpaired) electrons. The summed E-state index contributed by atoms with van der Waals surface area (Å²) in [5.74, 6) is 4.60. The minimum absolute atomic E-state index is 0.752. The maximum absolute atomic E-state index is 9.44. The molecule has 0 aromatic rings. The zero-order valence-electron chi connectivity index (χ0n) is 9.58. The van der Waals surface area contributed by atoms with Crippen molar-refractivity contribution in [3.8, 4) is 24.7 Å². The summed E-state index contributed by atoms with van der Waals surface area (Å²) in [5, 5.41) is 18.0. The Bertz CT molecular complexity index is 254. The monoisotopic (exact) mass is 208 g/mol.